The maximum absolute atomic E-state index is 13.6. The first-order chi connectivity index (χ1) is 15.6. The minimum atomic E-state index is -0.376. The predicted molar refractivity (Wildman–Crippen MR) is 129 cm³/mol. The summed E-state index contributed by atoms with van der Waals surface area (Å²) in [6.45, 7) is 0.584. The van der Waals surface area contributed by atoms with Gasteiger partial charge in [-0.3, -0.25) is 14.5 Å². The first kappa shape index (κ1) is 19.4. The second kappa shape index (κ2) is 7.40. The van der Waals surface area contributed by atoms with Crippen molar-refractivity contribution in [3.63, 3.8) is 0 Å². The fraction of sp³-hybridized carbons (Fsp3) is 0.185. The van der Waals surface area contributed by atoms with Crippen molar-refractivity contribution in [2.24, 2.45) is 11.8 Å². The van der Waals surface area contributed by atoms with Crippen molar-refractivity contribution >= 4 is 38.9 Å². The number of carbonyl (C=O) groups is 2. The van der Waals surface area contributed by atoms with Gasteiger partial charge in [0.25, 0.3) is 0 Å². The van der Waals surface area contributed by atoms with E-state index in [1.165, 1.54) is 15.0 Å². The molecule has 2 amide bonds. The van der Waals surface area contributed by atoms with E-state index in [0.29, 0.717) is 12.2 Å². The highest BCUT2D eigenvalue weighted by atomic mass is 32.1. The van der Waals surface area contributed by atoms with Crippen LogP contribution in [0.4, 0.5) is 5.69 Å². The molecule has 0 spiro atoms. The topological polar surface area (TPSA) is 40.6 Å². The molecular weight excluding hydrogens is 416 g/mol. The lowest BCUT2D eigenvalue weighted by atomic mass is 9.85. The van der Waals surface area contributed by atoms with Crippen LogP contribution in [0.25, 0.3) is 21.2 Å². The van der Waals surface area contributed by atoms with Crippen molar-refractivity contribution < 1.29 is 9.59 Å². The van der Waals surface area contributed by atoms with Gasteiger partial charge in [-0.1, -0.05) is 48.5 Å². The fourth-order valence-electron chi connectivity index (χ4n) is 5.41. The molecule has 5 heteroatoms. The lowest BCUT2D eigenvalue weighted by Gasteiger charge is -2.27. The number of benzene rings is 3. The molecule has 0 unspecified atom stereocenters. The summed E-state index contributed by atoms with van der Waals surface area (Å²) in [5.41, 5.74) is 4.03. The van der Waals surface area contributed by atoms with Crippen molar-refractivity contribution in [2.45, 2.75) is 6.04 Å². The number of imide groups is 1. The van der Waals surface area contributed by atoms with E-state index in [1.54, 1.807) is 11.3 Å². The number of amides is 2. The summed E-state index contributed by atoms with van der Waals surface area (Å²) in [4.78, 5) is 30.4. The number of rotatable bonds is 3. The Morgan fingerprint density at radius 3 is 2.50 bits per heavy atom. The van der Waals surface area contributed by atoms with Crippen LogP contribution in [0, 0.1) is 11.8 Å². The zero-order chi connectivity index (χ0) is 21.8. The summed E-state index contributed by atoms with van der Waals surface area (Å²) in [5, 5.41) is 3.33. The summed E-state index contributed by atoms with van der Waals surface area (Å²) in [6.07, 6.45) is 0. The number of thiophene rings is 1. The number of anilines is 1. The van der Waals surface area contributed by atoms with Crippen LogP contribution >= 0.6 is 11.3 Å². The van der Waals surface area contributed by atoms with Crippen LogP contribution in [-0.4, -0.2) is 30.3 Å². The normalized spacial score (nSPS) is 23.3. The zero-order valence-corrected chi connectivity index (χ0v) is 18.5. The van der Waals surface area contributed by atoms with Crippen LogP contribution in [-0.2, 0) is 9.59 Å². The van der Waals surface area contributed by atoms with E-state index in [-0.39, 0.29) is 29.7 Å². The van der Waals surface area contributed by atoms with Crippen molar-refractivity contribution in [3.8, 4) is 11.1 Å². The maximum atomic E-state index is 13.6. The lowest BCUT2D eigenvalue weighted by Crippen LogP contribution is -2.36. The fourth-order valence-corrected chi connectivity index (χ4v) is 6.18. The number of likely N-dealkylation sites (tertiary alicyclic amines) is 1. The van der Waals surface area contributed by atoms with Crippen molar-refractivity contribution in [1.29, 1.82) is 0 Å². The van der Waals surface area contributed by atoms with Crippen LogP contribution in [0.1, 0.15) is 11.6 Å². The SMILES string of the molecule is CN1C[C@@H]2C(=O)N(c3ccccc3)C(=O)[C@@H]2[C@H]1c1ccccc1-c1ccc2sccc2c1. The molecule has 0 N–H and O–H groups in total. The average molecular weight is 439 g/mol. The molecule has 2 saturated heterocycles. The first-order valence-corrected chi connectivity index (χ1v) is 11.7. The Morgan fingerprint density at radius 2 is 1.66 bits per heavy atom. The van der Waals surface area contributed by atoms with Crippen LogP contribution in [0.15, 0.2) is 84.2 Å². The van der Waals surface area contributed by atoms with E-state index in [2.05, 4.69) is 46.7 Å². The maximum Gasteiger partial charge on any atom is 0.239 e. The quantitative estimate of drug-likeness (QED) is 0.404. The molecule has 158 valence electrons. The monoisotopic (exact) mass is 438 g/mol. The van der Waals surface area contributed by atoms with Gasteiger partial charge in [0.05, 0.1) is 17.5 Å². The van der Waals surface area contributed by atoms with E-state index in [0.717, 1.165) is 16.7 Å². The molecule has 3 atom stereocenters. The summed E-state index contributed by atoms with van der Waals surface area (Å²) in [7, 11) is 2.02. The molecule has 6 rings (SSSR count). The van der Waals surface area contributed by atoms with Crippen molar-refractivity contribution in [3.05, 3.63) is 89.8 Å². The highest BCUT2D eigenvalue weighted by Crippen LogP contribution is 2.48. The van der Waals surface area contributed by atoms with Gasteiger partial charge in [0, 0.05) is 17.3 Å². The molecule has 0 aliphatic carbocycles. The summed E-state index contributed by atoms with van der Waals surface area (Å²) in [6, 6.07) is 26.1. The molecule has 1 aromatic heterocycles. The standard InChI is InChI=1S/C27H22N2O2S/c1-28-16-22-24(27(31)29(26(22)30)19-7-3-2-4-8-19)25(28)21-10-6-5-9-20(21)17-11-12-23-18(15-17)13-14-32-23/h2-15,22,24-25H,16H2,1H3/t22-,24-,25+/m0/s1. The highest BCUT2D eigenvalue weighted by molar-refractivity contribution is 7.17. The largest absolute Gasteiger partial charge is 0.298 e. The molecule has 0 saturated carbocycles. The summed E-state index contributed by atoms with van der Waals surface area (Å²) in [5.74, 6) is -0.870. The van der Waals surface area contributed by atoms with Gasteiger partial charge >= 0.3 is 0 Å². The zero-order valence-electron chi connectivity index (χ0n) is 17.6. The Labute approximate surface area is 190 Å². The Kier molecular flexibility index (Phi) is 4.49. The van der Waals surface area contributed by atoms with E-state index in [4.69, 9.17) is 0 Å². The second-order valence-electron chi connectivity index (χ2n) is 8.62. The van der Waals surface area contributed by atoms with Gasteiger partial charge in [-0.25, -0.2) is 4.90 Å². The number of para-hydroxylation sites is 1. The van der Waals surface area contributed by atoms with Gasteiger partial charge in [0.1, 0.15) is 0 Å². The minimum absolute atomic E-state index is 0.0854. The Morgan fingerprint density at radius 1 is 0.875 bits per heavy atom. The molecular formula is C27H22N2O2S. The predicted octanol–water partition coefficient (Wildman–Crippen LogP) is 5.36. The molecule has 2 fully saturated rings. The summed E-state index contributed by atoms with van der Waals surface area (Å²) >= 11 is 1.74. The van der Waals surface area contributed by atoms with Gasteiger partial charge in [-0.2, -0.15) is 0 Å². The van der Waals surface area contributed by atoms with E-state index in [9.17, 15) is 9.59 Å². The smallest absolute Gasteiger partial charge is 0.239 e. The van der Waals surface area contributed by atoms with Gasteiger partial charge in [0.2, 0.25) is 11.8 Å². The highest BCUT2D eigenvalue weighted by Gasteiger charge is 2.57. The van der Waals surface area contributed by atoms with E-state index < -0.39 is 0 Å². The first-order valence-electron chi connectivity index (χ1n) is 10.8. The number of hydrogen-bond donors (Lipinski definition) is 0. The molecule has 4 aromatic rings. The third kappa shape index (κ3) is 2.85. The van der Waals surface area contributed by atoms with Gasteiger partial charge in [0.15, 0.2) is 0 Å². The number of carbonyl (C=O) groups excluding carboxylic acids is 2. The molecule has 3 heterocycles. The molecule has 3 aromatic carbocycles. The Balaban J connectivity index is 1.44. The molecule has 2 aliphatic rings. The number of nitrogens with zero attached hydrogens (tertiary/aromatic N) is 2. The Bertz CT molecular complexity index is 1350. The molecule has 32 heavy (non-hydrogen) atoms. The molecule has 0 bridgehead atoms. The van der Waals surface area contributed by atoms with Crippen molar-refractivity contribution in [2.75, 3.05) is 18.5 Å². The third-order valence-corrected chi connectivity index (χ3v) is 7.73. The van der Waals surface area contributed by atoms with Crippen molar-refractivity contribution in [1.82, 2.24) is 4.90 Å². The van der Waals surface area contributed by atoms with Gasteiger partial charge in [-0.15, -0.1) is 11.3 Å². The number of fused-ring (bicyclic) bond motifs is 2. The molecule has 0 radical (unpaired) electrons. The van der Waals surface area contributed by atoms with Gasteiger partial charge in [-0.05, 0) is 64.8 Å². The van der Waals surface area contributed by atoms with E-state index >= 15 is 0 Å². The third-order valence-electron chi connectivity index (χ3n) is 6.83. The Hall–Kier alpha value is -3.28. The average Bonchev–Trinajstić information content (AvgIpc) is 3.48. The molecule has 2 aliphatic heterocycles. The minimum Gasteiger partial charge on any atom is -0.298 e. The van der Waals surface area contributed by atoms with Crippen LogP contribution in [0.3, 0.4) is 0 Å². The lowest BCUT2D eigenvalue weighted by molar-refractivity contribution is -0.123. The summed E-state index contributed by atoms with van der Waals surface area (Å²) < 4.78 is 1.26. The molecule has 4 nitrogen and oxygen atoms in total. The van der Waals surface area contributed by atoms with Crippen LogP contribution in [0.5, 0.6) is 0 Å². The number of hydrogen-bond acceptors (Lipinski definition) is 4. The van der Waals surface area contributed by atoms with Crippen LogP contribution in [0.2, 0.25) is 0 Å². The van der Waals surface area contributed by atoms with E-state index in [1.807, 2.05) is 49.5 Å². The van der Waals surface area contributed by atoms with Crippen LogP contribution < -0.4 is 4.90 Å². The second-order valence-corrected chi connectivity index (χ2v) is 9.57. The van der Waals surface area contributed by atoms with Gasteiger partial charge < -0.3 is 0 Å².